The van der Waals surface area contributed by atoms with Gasteiger partial charge in [0, 0.05) is 5.56 Å². The molecule has 1 aromatic carbocycles. The molecule has 0 unspecified atom stereocenters. The number of fused-ring (bicyclic) bond motifs is 1. The quantitative estimate of drug-likeness (QED) is 0.619. The van der Waals surface area contributed by atoms with Gasteiger partial charge in [0.25, 0.3) is 0 Å². The number of halogens is 2. The summed E-state index contributed by atoms with van der Waals surface area (Å²) in [7, 11) is 0. The summed E-state index contributed by atoms with van der Waals surface area (Å²) in [5, 5.41) is 0. The highest BCUT2D eigenvalue weighted by atomic mass is 19.3. The van der Waals surface area contributed by atoms with E-state index in [1.165, 1.54) is 6.07 Å². The molecule has 0 atom stereocenters. The summed E-state index contributed by atoms with van der Waals surface area (Å²) in [4.78, 5) is 0. The molecule has 1 aromatic rings. The minimum atomic E-state index is -3.48. The molecule has 1 aliphatic rings. The Morgan fingerprint density at radius 2 is 2.15 bits per heavy atom. The lowest BCUT2D eigenvalue weighted by Crippen LogP contribution is -2.32. The fourth-order valence-corrected chi connectivity index (χ4v) is 1.24. The van der Waals surface area contributed by atoms with Crippen molar-refractivity contribution in [3.63, 3.8) is 0 Å². The molecular formula is C9H8F2O2. The third-order valence-corrected chi connectivity index (χ3v) is 1.84. The third kappa shape index (κ3) is 1.62. The lowest BCUT2D eigenvalue weighted by atomic mass is 10.1. The van der Waals surface area contributed by atoms with Gasteiger partial charge in [-0.05, 0) is 13.0 Å². The highest BCUT2D eigenvalue weighted by molar-refractivity contribution is 5.37. The van der Waals surface area contributed by atoms with Crippen LogP contribution in [-0.4, -0.2) is 6.29 Å². The van der Waals surface area contributed by atoms with Crippen LogP contribution in [0.15, 0.2) is 18.2 Å². The minimum absolute atomic E-state index is 0.107. The normalized spacial score (nSPS) is 19.0. The molecule has 4 heteroatoms. The maximum absolute atomic E-state index is 12.5. The molecule has 1 heterocycles. The van der Waals surface area contributed by atoms with Crippen molar-refractivity contribution in [3.8, 4) is 5.75 Å². The zero-order valence-corrected chi connectivity index (χ0v) is 7.01. The smallest absolute Gasteiger partial charge is 0.409 e. The van der Waals surface area contributed by atoms with E-state index in [4.69, 9.17) is 0 Å². The first kappa shape index (κ1) is 8.44. The average molecular weight is 186 g/mol. The maximum Gasteiger partial charge on any atom is 0.535 e. The highest BCUT2D eigenvalue weighted by Gasteiger charge is 2.38. The van der Waals surface area contributed by atoms with Gasteiger partial charge in [-0.15, -0.1) is 8.78 Å². The Morgan fingerprint density at radius 1 is 1.38 bits per heavy atom. The van der Waals surface area contributed by atoms with Gasteiger partial charge in [0.05, 0.1) is 6.61 Å². The van der Waals surface area contributed by atoms with Gasteiger partial charge < -0.3 is 4.74 Å². The first-order valence-corrected chi connectivity index (χ1v) is 3.87. The monoisotopic (exact) mass is 186 g/mol. The molecule has 70 valence electrons. The van der Waals surface area contributed by atoms with E-state index in [1.54, 1.807) is 12.1 Å². The number of aryl methyl sites for hydroxylation is 1. The summed E-state index contributed by atoms with van der Waals surface area (Å²) in [6.07, 6.45) is -3.48. The first-order valence-electron chi connectivity index (χ1n) is 3.87. The van der Waals surface area contributed by atoms with Crippen molar-refractivity contribution in [1.29, 1.82) is 0 Å². The second kappa shape index (κ2) is 2.67. The summed E-state index contributed by atoms with van der Waals surface area (Å²) in [5.41, 5.74) is 1.65. The second-order valence-corrected chi connectivity index (χ2v) is 2.97. The average Bonchev–Trinajstić information content (AvgIpc) is 2.05. The van der Waals surface area contributed by atoms with E-state index in [2.05, 4.69) is 9.47 Å². The third-order valence-electron chi connectivity index (χ3n) is 1.84. The fraction of sp³-hybridized carbons (Fsp3) is 0.333. The molecule has 13 heavy (non-hydrogen) atoms. The summed E-state index contributed by atoms with van der Waals surface area (Å²) in [5.74, 6) is 0.196. The van der Waals surface area contributed by atoms with E-state index < -0.39 is 6.29 Å². The molecule has 0 radical (unpaired) electrons. The standard InChI is InChI=1S/C9H8F2O2/c1-6-2-3-8-7(4-6)5-12-9(10,11)13-8/h2-4H,5H2,1H3. The highest BCUT2D eigenvalue weighted by Crippen LogP contribution is 2.33. The van der Waals surface area contributed by atoms with Gasteiger partial charge in [-0.1, -0.05) is 17.7 Å². The zero-order valence-electron chi connectivity index (χ0n) is 7.01. The lowest BCUT2D eigenvalue weighted by Gasteiger charge is -2.24. The number of ether oxygens (including phenoxy) is 2. The van der Waals surface area contributed by atoms with E-state index in [0.717, 1.165) is 5.56 Å². The number of rotatable bonds is 0. The van der Waals surface area contributed by atoms with Crippen molar-refractivity contribution >= 4 is 0 Å². The molecule has 0 aromatic heterocycles. The molecule has 0 bridgehead atoms. The molecular weight excluding hydrogens is 178 g/mol. The van der Waals surface area contributed by atoms with Crippen molar-refractivity contribution in [2.75, 3.05) is 0 Å². The van der Waals surface area contributed by atoms with Crippen molar-refractivity contribution in [2.45, 2.75) is 19.8 Å². The van der Waals surface area contributed by atoms with Gasteiger partial charge in [-0.3, -0.25) is 4.74 Å². The Kier molecular flexibility index (Phi) is 1.73. The van der Waals surface area contributed by atoms with Crippen LogP contribution in [0.5, 0.6) is 5.75 Å². The van der Waals surface area contributed by atoms with Gasteiger partial charge in [-0.25, -0.2) is 0 Å². The number of alkyl halides is 2. The zero-order chi connectivity index (χ0) is 9.47. The molecule has 0 saturated carbocycles. The van der Waals surface area contributed by atoms with Crippen LogP contribution in [0.25, 0.3) is 0 Å². The Morgan fingerprint density at radius 3 is 2.92 bits per heavy atom. The van der Waals surface area contributed by atoms with E-state index >= 15 is 0 Å². The Labute approximate surface area is 74.1 Å². The first-order chi connectivity index (χ1) is 6.07. The molecule has 2 rings (SSSR count). The van der Waals surface area contributed by atoms with Crippen molar-refractivity contribution in [3.05, 3.63) is 29.3 Å². The van der Waals surface area contributed by atoms with E-state index in [9.17, 15) is 8.78 Å². The van der Waals surface area contributed by atoms with Crippen LogP contribution < -0.4 is 4.74 Å². The van der Waals surface area contributed by atoms with Crippen molar-refractivity contribution < 1.29 is 18.3 Å². The maximum atomic E-state index is 12.5. The van der Waals surface area contributed by atoms with Gasteiger partial charge in [-0.2, -0.15) is 0 Å². The van der Waals surface area contributed by atoms with Gasteiger partial charge in [0.15, 0.2) is 0 Å². The predicted octanol–water partition coefficient (Wildman–Crippen LogP) is 2.45. The van der Waals surface area contributed by atoms with Crippen LogP contribution in [0, 0.1) is 6.92 Å². The Hall–Kier alpha value is -1.16. The summed E-state index contributed by atoms with van der Waals surface area (Å²) >= 11 is 0. The Bertz CT molecular complexity index is 336. The van der Waals surface area contributed by atoms with Crippen LogP contribution in [0.2, 0.25) is 0 Å². The van der Waals surface area contributed by atoms with Gasteiger partial charge in [0.2, 0.25) is 0 Å². The van der Waals surface area contributed by atoms with Gasteiger partial charge in [0.1, 0.15) is 5.75 Å². The largest absolute Gasteiger partial charge is 0.535 e. The van der Waals surface area contributed by atoms with Crippen LogP contribution in [0.1, 0.15) is 11.1 Å². The minimum Gasteiger partial charge on any atom is -0.409 e. The van der Waals surface area contributed by atoms with Crippen LogP contribution >= 0.6 is 0 Å². The van der Waals surface area contributed by atoms with Crippen molar-refractivity contribution in [2.24, 2.45) is 0 Å². The topological polar surface area (TPSA) is 18.5 Å². The van der Waals surface area contributed by atoms with E-state index in [0.29, 0.717) is 5.56 Å². The summed E-state index contributed by atoms with van der Waals surface area (Å²) in [6, 6.07) is 5.02. The fourth-order valence-electron chi connectivity index (χ4n) is 1.24. The van der Waals surface area contributed by atoms with E-state index in [-0.39, 0.29) is 12.4 Å². The van der Waals surface area contributed by atoms with E-state index in [1.807, 2.05) is 6.92 Å². The predicted molar refractivity (Wildman–Crippen MR) is 41.5 cm³/mol. The SMILES string of the molecule is Cc1ccc2c(c1)COC(F)(F)O2. The molecule has 0 amide bonds. The lowest BCUT2D eigenvalue weighted by molar-refractivity contribution is -0.368. The van der Waals surface area contributed by atoms with Crippen LogP contribution in [0.3, 0.4) is 0 Å². The second-order valence-electron chi connectivity index (χ2n) is 2.97. The van der Waals surface area contributed by atoms with Crippen molar-refractivity contribution in [1.82, 2.24) is 0 Å². The molecule has 0 saturated heterocycles. The number of benzene rings is 1. The molecule has 1 aliphatic heterocycles. The molecule has 0 N–H and O–H groups in total. The number of hydrogen-bond donors (Lipinski definition) is 0. The molecule has 0 fully saturated rings. The van der Waals surface area contributed by atoms with Gasteiger partial charge >= 0.3 is 6.29 Å². The number of hydrogen-bond acceptors (Lipinski definition) is 2. The Balaban J connectivity index is 2.37. The summed E-state index contributed by atoms with van der Waals surface area (Å²) in [6.45, 7) is 1.77. The summed E-state index contributed by atoms with van der Waals surface area (Å²) < 4.78 is 33.6. The molecule has 0 spiro atoms. The molecule has 0 aliphatic carbocycles. The molecule has 2 nitrogen and oxygen atoms in total. The van der Waals surface area contributed by atoms with Crippen LogP contribution in [-0.2, 0) is 11.3 Å². The van der Waals surface area contributed by atoms with Crippen LogP contribution in [0.4, 0.5) is 8.78 Å².